The Morgan fingerprint density at radius 1 is 0.436 bits per heavy atom. The number of rotatable bonds is 10. The first-order valence-electron chi connectivity index (χ1n) is 14.3. The van der Waals surface area contributed by atoms with Gasteiger partial charge in [0.15, 0.2) is 14.3 Å². The second-order valence-corrected chi connectivity index (χ2v) is 13.5. The fourth-order valence-corrected chi connectivity index (χ4v) is 7.08. The molecule has 1 atom stereocenters. The number of halogens is 18. The van der Waals surface area contributed by atoms with Gasteiger partial charge in [-0.05, 0) is 36.4 Å². The van der Waals surface area contributed by atoms with Crippen LogP contribution in [0.2, 0.25) is 0 Å². The Morgan fingerprint density at radius 2 is 0.836 bits per heavy atom. The van der Waals surface area contributed by atoms with E-state index >= 15 is 0 Å². The van der Waals surface area contributed by atoms with Gasteiger partial charge in [-0.2, -0.15) is 79.0 Å². The molecule has 1 aromatic heterocycles. The topological polar surface area (TPSA) is 88.4 Å². The van der Waals surface area contributed by atoms with Gasteiger partial charge in [-0.1, -0.05) is 12.1 Å². The van der Waals surface area contributed by atoms with Crippen LogP contribution in [0, 0.1) is 0 Å². The maximum absolute atomic E-state index is 13.4. The smallest absolute Gasteiger partial charge is 0.429 e. The normalized spacial score (nSPS) is 14.8. The van der Waals surface area contributed by atoms with Crippen LogP contribution in [0.3, 0.4) is 0 Å². The summed E-state index contributed by atoms with van der Waals surface area (Å²) in [6.45, 7) is -7.49. The molecule has 0 aliphatic carbocycles. The minimum absolute atomic E-state index is 0.173. The van der Waals surface area contributed by atoms with E-state index in [9.17, 15) is 94.3 Å². The zero-order chi connectivity index (χ0) is 42.0. The van der Waals surface area contributed by atoms with E-state index in [1.165, 1.54) is 0 Å². The first-order chi connectivity index (χ1) is 24.7. The van der Waals surface area contributed by atoms with Crippen LogP contribution in [0.5, 0.6) is 17.2 Å². The predicted molar refractivity (Wildman–Crippen MR) is 153 cm³/mol. The van der Waals surface area contributed by atoms with Crippen molar-refractivity contribution in [3.8, 4) is 22.1 Å². The zero-order valence-corrected chi connectivity index (χ0v) is 27.0. The number of hydrogen-bond acceptors (Lipinski definition) is 6. The molecule has 1 heterocycles. The number of thiophene rings is 1. The highest BCUT2D eigenvalue weighted by molar-refractivity contribution is 7.50. The number of alkyl halides is 18. The minimum Gasteiger partial charge on any atom is -0.490 e. The van der Waals surface area contributed by atoms with E-state index in [1.54, 1.807) is 0 Å². The molecule has 4 rings (SSSR count). The Labute approximate surface area is 296 Å². The number of ether oxygens (including phenoxy) is 3. The molecule has 55 heavy (non-hydrogen) atoms. The average Bonchev–Trinajstić information content (AvgIpc) is 3.36. The van der Waals surface area contributed by atoms with Gasteiger partial charge < -0.3 is 29.5 Å². The highest BCUT2D eigenvalue weighted by atomic mass is 32.2. The molecule has 0 bridgehead atoms. The van der Waals surface area contributed by atoms with Gasteiger partial charge in [0.2, 0.25) is 0 Å². The van der Waals surface area contributed by atoms with Gasteiger partial charge in [-0.3, -0.25) is 0 Å². The Morgan fingerprint density at radius 3 is 1.27 bits per heavy atom. The summed E-state index contributed by atoms with van der Waals surface area (Å²) in [6.07, 6.45) is -38.1. The Balaban J connectivity index is 1.92. The van der Waals surface area contributed by atoms with Crippen molar-refractivity contribution in [2.75, 3.05) is 19.8 Å². The van der Waals surface area contributed by atoms with Crippen LogP contribution < -0.4 is 14.2 Å². The van der Waals surface area contributed by atoms with E-state index in [2.05, 4.69) is 9.47 Å². The van der Waals surface area contributed by atoms with Crippen LogP contribution in [-0.4, -0.2) is 89.0 Å². The Bertz CT molecular complexity index is 1960. The summed E-state index contributed by atoms with van der Waals surface area (Å²) < 4.78 is 253. The van der Waals surface area contributed by atoms with Crippen molar-refractivity contribution in [2.24, 2.45) is 0 Å². The maximum Gasteiger partial charge on any atom is 0.429 e. The fraction of sp³-hybridized carbons (Fsp3) is 0.400. The lowest BCUT2D eigenvalue weighted by atomic mass is 10.0. The van der Waals surface area contributed by atoms with Crippen LogP contribution >= 0.6 is 10.5 Å². The van der Waals surface area contributed by atoms with Crippen molar-refractivity contribution in [3.05, 3.63) is 60.7 Å². The first kappa shape index (κ1) is 43.6. The van der Waals surface area contributed by atoms with E-state index in [4.69, 9.17) is 4.74 Å². The molecule has 0 fully saturated rings. The van der Waals surface area contributed by atoms with Crippen LogP contribution in [0.1, 0.15) is 0 Å². The quantitative estimate of drug-likeness (QED) is 0.109. The van der Waals surface area contributed by atoms with Gasteiger partial charge in [0, 0.05) is 22.6 Å². The highest BCUT2D eigenvalue weighted by Gasteiger charge is 2.73. The third kappa shape index (κ3) is 7.83. The van der Waals surface area contributed by atoms with Crippen molar-refractivity contribution >= 4 is 30.6 Å². The summed E-state index contributed by atoms with van der Waals surface area (Å²) in [4.78, 5) is -0.224. The van der Waals surface area contributed by atoms with E-state index in [1.807, 2.05) is 0 Å². The Hall–Kier alpha value is -4.10. The molecular formula is C30H19F18O6S+. The molecule has 4 aromatic rings. The largest absolute Gasteiger partial charge is 0.490 e. The molecule has 0 spiro atoms. The lowest BCUT2D eigenvalue weighted by molar-refractivity contribution is -0.374. The van der Waals surface area contributed by atoms with Crippen molar-refractivity contribution in [1.29, 1.82) is 0 Å². The molecule has 25 heteroatoms. The molecule has 0 saturated carbocycles. The van der Waals surface area contributed by atoms with Crippen molar-refractivity contribution < 1.29 is 109 Å². The fourth-order valence-electron chi connectivity index (χ4n) is 4.63. The van der Waals surface area contributed by atoms with Gasteiger partial charge in [0.25, 0.3) is 16.8 Å². The van der Waals surface area contributed by atoms with Crippen LogP contribution in [0.15, 0.2) is 60.7 Å². The maximum atomic E-state index is 13.4. The summed E-state index contributed by atoms with van der Waals surface area (Å²) in [5.74, 6) is -2.51. The molecule has 1 unspecified atom stereocenters. The van der Waals surface area contributed by atoms with E-state index in [0.29, 0.717) is 6.07 Å². The monoisotopic (exact) mass is 849 g/mol. The third-order valence-corrected chi connectivity index (χ3v) is 10.1. The molecule has 0 aliphatic heterocycles. The van der Waals surface area contributed by atoms with Crippen LogP contribution in [0.25, 0.3) is 25.1 Å². The molecule has 0 aliphatic rings. The minimum atomic E-state index is -6.36. The second-order valence-electron chi connectivity index (χ2n) is 11.5. The molecule has 0 saturated heterocycles. The molecule has 306 valence electrons. The summed E-state index contributed by atoms with van der Waals surface area (Å²) in [7, 11) is -1.91. The van der Waals surface area contributed by atoms with Crippen LogP contribution in [-0.2, 0) is 0 Å². The van der Waals surface area contributed by atoms with E-state index in [0.717, 1.165) is 54.6 Å². The summed E-state index contributed by atoms with van der Waals surface area (Å²) in [5.41, 5.74) is -16.3. The van der Waals surface area contributed by atoms with Gasteiger partial charge in [0.1, 0.15) is 37.1 Å². The van der Waals surface area contributed by atoms with Crippen molar-refractivity contribution in [1.82, 2.24) is 0 Å². The van der Waals surface area contributed by atoms with Gasteiger partial charge >= 0.3 is 37.1 Å². The van der Waals surface area contributed by atoms with Crippen molar-refractivity contribution in [2.45, 2.75) is 53.9 Å². The summed E-state index contributed by atoms with van der Waals surface area (Å²) in [5, 5.41) is 27.9. The number of benzene rings is 3. The Kier molecular flexibility index (Phi) is 11.0. The van der Waals surface area contributed by atoms with E-state index in [-0.39, 0.29) is 19.7 Å². The second kappa shape index (κ2) is 13.8. The molecule has 6 nitrogen and oxygen atoms in total. The molecule has 0 radical (unpaired) electrons. The SMILES string of the molecule is OC(COc1cccc(-[s+]2c3cc(OCC(O)(C(F)(F)F)C(F)(F)F)ccc3c3c(OCC(O)(C(F)(F)F)C(F)(F)F)cccc32)c1)(C(F)(F)F)C(F)(F)F. The number of fused-ring (bicyclic) bond motifs is 3. The van der Waals surface area contributed by atoms with Gasteiger partial charge in [0.05, 0.1) is 10.8 Å². The summed E-state index contributed by atoms with van der Waals surface area (Å²) >= 11 is 0. The van der Waals surface area contributed by atoms with E-state index < -0.39 is 107 Å². The highest BCUT2D eigenvalue weighted by Crippen LogP contribution is 2.53. The summed E-state index contributed by atoms with van der Waals surface area (Å²) in [6, 6.07) is 8.73. The molecule has 0 amide bonds. The lowest BCUT2D eigenvalue weighted by Gasteiger charge is -2.31. The van der Waals surface area contributed by atoms with Gasteiger partial charge in [-0.15, -0.1) is 0 Å². The average molecular weight is 850 g/mol. The predicted octanol–water partition coefficient (Wildman–Crippen LogP) is 9.43. The standard InChI is InChI=1S/C30H19F18O6S/c31-25(32,33)22(49,26(34,35)36)11-52-14-3-1-4-16(9-14)55-19-6-2-5-18(54-13-24(51,29(43,44)45)30(46,47)48)21(19)17-8-7-15(10-20(17)55)53-12-23(50,27(37,38)39)28(40,41)42/h1-10,49-51H,11-13H2/q+1. The molecule has 3 aromatic carbocycles. The van der Waals surface area contributed by atoms with Gasteiger partial charge in [-0.25, -0.2) is 0 Å². The van der Waals surface area contributed by atoms with Crippen LogP contribution in [0.4, 0.5) is 79.0 Å². The molecule has 3 N–H and O–H groups in total. The number of aliphatic hydroxyl groups is 3. The first-order valence-corrected chi connectivity index (χ1v) is 15.5. The zero-order valence-electron chi connectivity index (χ0n) is 26.2. The molecular weight excluding hydrogens is 830 g/mol. The third-order valence-electron chi connectivity index (χ3n) is 7.84. The lowest BCUT2D eigenvalue weighted by Crippen LogP contribution is -2.60. The number of hydrogen-bond donors (Lipinski definition) is 3. The van der Waals surface area contributed by atoms with Crippen molar-refractivity contribution in [3.63, 3.8) is 0 Å².